The summed E-state index contributed by atoms with van der Waals surface area (Å²) in [4.78, 5) is 0. The summed E-state index contributed by atoms with van der Waals surface area (Å²) in [5, 5.41) is 4.42. The van der Waals surface area contributed by atoms with Crippen LogP contribution in [-0.4, -0.2) is 0 Å². The monoisotopic (exact) mass is 410 g/mol. The Morgan fingerprint density at radius 2 is 0.667 bits per heavy atom. The Morgan fingerprint density at radius 1 is 0.400 bits per heavy atom. The van der Waals surface area contributed by atoms with E-state index in [4.69, 9.17) is 0 Å². The van der Waals surface area contributed by atoms with Gasteiger partial charge < -0.3 is 0 Å². The molecule has 0 aliphatic rings. The van der Waals surface area contributed by atoms with Crippen LogP contribution in [0.3, 0.4) is 0 Å². The van der Waals surface area contributed by atoms with E-state index in [0.717, 1.165) is 6.16 Å². The van der Waals surface area contributed by atoms with E-state index in [2.05, 4.69) is 125 Å². The minimum absolute atomic E-state index is 1.06. The molecule has 0 saturated heterocycles. The van der Waals surface area contributed by atoms with Crippen LogP contribution in [0.4, 0.5) is 0 Å². The Bertz CT molecular complexity index is 992. The fraction of sp³-hybridized carbons (Fsp3) is 0.172. The molecule has 4 aromatic carbocycles. The predicted octanol–water partition coefficient (Wildman–Crippen LogP) is 6.15. The minimum atomic E-state index is -2.25. The molecule has 1 heteroatoms. The van der Waals surface area contributed by atoms with Gasteiger partial charge in [-0.05, 0) is 0 Å². The molecule has 0 amide bonds. The Labute approximate surface area is 182 Å². The zero-order valence-corrected chi connectivity index (χ0v) is 19.4. The van der Waals surface area contributed by atoms with Crippen molar-refractivity contribution in [2.24, 2.45) is 0 Å². The van der Waals surface area contributed by atoms with Gasteiger partial charge in [-0.25, -0.2) is 0 Å². The van der Waals surface area contributed by atoms with Crippen molar-refractivity contribution in [2.75, 3.05) is 0 Å². The van der Waals surface area contributed by atoms with Crippen LogP contribution in [0.1, 0.15) is 27.8 Å². The summed E-state index contributed by atoms with van der Waals surface area (Å²) in [7, 11) is -2.25. The van der Waals surface area contributed by atoms with Gasteiger partial charge in [0.2, 0.25) is 0 Å². The van der Waals surface area contributed by atoms with Gasteiger partial charge in [0, 0.05) is 0 Å². The van der Waals surface area contributed by atoms with Gasteiger partial charge in [0.05, 0.1) is 0 Å². The van der Waals surface area contributed by atoms with Crippen LogP contribution in [0.25, 0.3) is 0 Å². The molecule has 0 atom stereocenters. The summed E-state index contributed by atoms with van der Waals surface area (Å²) in [6.07, 6.45) is 1.06. The number of hydrogen-bond acceptors (Lipinski definition) is 0. The van der Waals surface area contributed by atoms with Gasteiger partial charge in [-0.1, -0.05) is 0 Å². The fourth-order valence-electron chi connectivity index (χ4n) is 4.33. The molecule has 152 valence electrons. The van der Waals surface area contributed by atoms with E-state index in [1.165, 1.54) is 43.7 Å². The van der Waals surface area contributed by atoms with Crippen molar-refractivity contribution in [3.8, 4) is 0 Å². The van der Waals surface area contributed by atoms with E-state index < -0.39 is 7.26 Å². The van der Waals surface area contributed by atoms with Crippen LogP contribution in [-0.2, 0) is 6.16 Å². The Hall–Kier alpha value is -2.69. The van der Waals surface area contributed by atoms with Crippen molar-refractivity contribution in [1.82, 2.24) is 0 Å². The van der Waals surface area contributed by atoms with Crippen LogP contribution >= 0.6 is 7.26 Å². The normalized spacial score (nSPS) is 12.0. The molecule has 0 bridgehead atoms. The van der Waals surface area contributed by atoms with Crippen LogP contribution in [0, 0.1) is 27.7 Å². The van der Waals surface area contributed by atoms with E-state index in [-0.39, 0.29) is 0 Å². The maximum atomic E-state index is 2.37. The van der Waals surface area contributed by atoms with Gasteiger partial charge in [-0.2, -0.15) is 0 Å². The number of hydrogen-bond donors (Lipinski definition) is 0. The van der Waals surface area contributed by atoms with Crippen molar-refractivity contribution in [2.45, 2.75) is 33.9 Å². The summed E-state index contributed by atoms with van der Waals surface area (Å²) >= 11 is 0. The molecular formula is C29H31P. The Kier molecular flexibility index (Phi) is 5.89. The Balaban J connectivity index is 2.00. The Morgan fingerprint density at radius 3 is 0.967 bits per heavy atom. The van der Waals surface area contributed by atoms with Crippen LogP contribution in [0.15, 0.2) is 97.1 Å². The number of rotatable bonds is 5. The molecule has 0 saturated carbocycles. The zero-order chi connectivity index (χ0) is 21.1. The van der Waals surface area contributed by atoms with Crippen molar-refractivity contribution in [3.63, 3.8) is 0 Å². The van der Waals surface area contributed by atoms with E-state index in [1.807, 2.05) is 0 Å². The predicted molar refractivity (Wildman–Crippen MR) is 136 cm³/mol. The summed E-state index contributed by atoms with van der Waals surface area (Å²) in [6.45, 7) is 8.68. The van der Waals surface area contributed by atoms with Gasteiger partial charge >= 0.3 is 182 Å². The zero-order valence-electron chi connectivity index (χ0n) is 18.4. The average molecular weight is 411 g/mol. The molecule has 4 aromatic rings. The topological polar surface area (TPSA) is 0 Å². The van der Waals surface area contributed by atoms with Gasteiger partial charge in [0.15, 0.2) is 0 Å². The van der Waals surface area contributed by atoms with E-state index in [1.54, 1.807) is 0 Å². The molecule has 30 heavy (non-hydrogen) atoms. The third kappa shape index (κ3) is 4.11. The maximum absolute atomic E-state index is 2.37. The first-order valence-electron chi connectivity index (χ1n) is 10.7. The second kappa shape index (κ2) is 8.58. The molecule has 4 rings (SSSR count). The molecule has 0 fully saturated rings. The van der Waals surface area contributed by atoms with Gasteiger partial charge in [0.1, 0.15) is 0 Å². The van der Waals surface area contributed by atoms with Crippen molar-refractivity contribution in [1.29, 1.82) is 0 Å². The molecule has 0 heterocycles. The molecule has 0 aromatic heterocycles. The summed E-state index contributed by atoms with van der Waals surface area (Å²) in [6, 6.07) is 37.0. The van der Waals surface area contributed by atoms with Crippen LogP contribution in [0.5, 0.6) is 0 Å². The average Bonchev–Trinajstić information content (AvgIpc) is 2.75. The molecular weight excluding hydrogens is 379 g/mol. The third-order valence-electron chi connectivity index (χ3n) is 6.22. The molecule has 0 aliphatic heterocycles. The summed E-state index contributed by atoms with van der Waals surface area (Å²) in [5.41, 5.74) is 6.65. The van der Waals surface area contributed by atoms with Gasteiger partial charge in [-0.15, -0.1) is 0 Å². The molecule has 0 spiro atoms. The first-order valence-corrected chi connectivity index (χ1v) is 12.9. The summed E-state index contributed by atoms with van der Waals surface area (Å²) < 4.78 is 0. The first-order chi connectivity index (χ1) is 14.5. The van der Waals surface area contributed by atoms with E-state index >= 15 is 0 Å². The molecule has 0 N–H and O–H groups in total. The van der Waals surface area contributed by atoms with Crippen molar-refractivity contribution in [3.05, 3.63) is 125 Å². The van der Waals surface area contributed by atoms with Crippen molar-refractivity contribution >= 4 is 23.2 Å². The van der Waals surface area contributed by atoms with Crippen LogP contribution in [0.2, 0.25) is 0 Å². The van der Waals surface area contributed by atoms with Gasteiger partial charge in [0.25, 0.3) is 0 Å². The van der Waals surface area contributed by atoms with Gasteiger partial charge in [-0.3, -0.25) is 0 Å². The van der Waals surface area contributed by atoms with E-state index in [9.17, 15) is 0 Å². The van der Waals surface area contributed by atoms with Crippen molar-refractivity contribution < 1.29 is 0 Å². The number of aryl methyl sites for hydroxylation is 4. The molecule has 0 aliphatic carbocycles. The van der Waals surface area contributed by atoms with E-state index in [0.29, 0.717) is 0 Å². The molecule has 0 nitrogen and oxygen atoms in total. The standard InChI is InChI=1S/C29H31P/c1-22-5-13-26(14-6-22)21-30(27-15-7-23(2)8-16-27,28-17-9-24(3)10-18-28)29-19-11-25(4)12-20-29/h5-20,30H,21H2,1-4H3. The third-order valence-corrected chi connectivity index (χ3v) is 11.1. The molecule has 0 radical (unpaired) electrons. The quantitative estimate of drug-likeness (QED) is 0.346. The fourth-order valence-corrected chi connectivity index (χ4v) is 9.00. The summed E-state index contributed by atoms with van der Waals surface area (Å²) in [5.74, 6) is 0. The second-order valence-electron chi connectivity index (χ2n) is 8.67. The second-order valence-corrected chi connectivity index (χ2v) is 12.6. The first kappa shape index (κ1) is 20.6. The number of benzene rings is 4. The van der Waals surface area contributed by atoms with Crippen LogP contribution < -0.4 is 15.9 Å². The SMILES string of the molecule is Cc1ccc(C[PH](c2ccc(C)cc2)(c2ccc(C)cc2)c2ccc(C)cc2)cc1. The molecule has 0 unspecified atom stereocenters.